The Morgan fingerprint density at radius 2 is 1.74 bits per heavy atom. The first-order chi connectivity index (χ1) is 15.0. The average Bonchev–Trinajstić information content (AvgIpc) is 3.23. The molecule has 1 atom stereocenters. The minimum Gasteiger partial charge on any atom is -0.497 e. The number of benzene rings is 3. The third kappa shape index (κ3) is 4.40. The van der Waals surface area contributed by atoms with Gasteiger partial charge in [0.2, 0.25) is 5.91 Å². The van der Waals surface area contributed by atoms with E-state index >= 15 is 0 Å². The number of amides is 2. The number of rotatable bonds is 6. The number of anilines is 1. The van der Waals surface area contributed by atoms with Gasteiger partial charge in [0.1, 0.15) is 17.3 Å². The Hall–Kier alpha value is -4.13. The second-order valence-electron chi connectivity index (χ2n) is 7.02. The van der Waals surface area contributed by atoms with Crippen molar-refractivity contribution in [2.24, 2.45) is 0 Å². The van der Waals surface area contributed by atoms with Gasteiger partial charge in [-0.05, 0) is 49.4 Å². The highest BCUT2D eigenvalue weighted by Crippen LogP contribution is 2.29. The molecule has 1 heterocycles. The lowest BCUT2D eigenvalue weighted by Crippen LogP contribution is -2.41. The predicted octanol–water partition coefficient (Wildman–Crippen LogP) is 4.26. The highest BCUT2D eigenvalue weighted by Gasteiger charge is 2.19. The largest absolute Gasteiger partial charge is 0.497 e. The number of nitrogens with zero attached hydrogens (tertiary/aromatic N) is 1. The molecule has 0 radical (unpaired) electrons. The maximum atomic E-state index is 12.8. The number of carbonyl (C=O) groups excluding carboxylic acids is 2. The highest BCUT2D eigenvalue weighted by molar-refractivity contribution is 6.04. The first kappa shape index (κ1) is 20.2. The van der Waals surface area contributed by atoms with Crippen LogP contribution < -0.4 is 15.4 Å². The first-order valence-corrected chi connectivity index (χ1v) is 9.76. The smallest absolute Gasteiger partial charge is 0.251 e. The number of ether oxygens (including phenoxy) is 1. The van der Waals surface area contributed by atoms with Crippen LogP contribution in [-0.4, -0.2) is 30.1 Å². The van der Waals surface area contributed by atoms with Crippen molar-refractivity contribution in [3.63, 3.8) is 0 Å². The van der Waals surface area contributed by atoms with E-state index in [4.69, 9.17) is 9.26 Å². The normalized spacial score (nSPS) is 11.7. The SMILES string of the molecule is COc1ccc(NC(=O)[C@@H](C)NC(=O)c2ccc3noc(-c4ccccc4)c3c2)cc1. The van der Waals surface area contributed by atoms with E-state index in [1.807, 2.05) is 30.3 Å². The van der Waals surface area contributed by atoms with E-state index in [0.717, 1.165) is 10.9 Å². The Morgan fingerprint density at radius 3 is 2.45 bits per heavy atom. The fourth-order valence-electron chi connectivity index (χ4n) is 3.15. The molecule has 2 amide bonds. The Bertz CT molecular complexity index is 1220. The van der Waals surface area contributed by atoms with Crippen molar-refractivity contribution in [3.05, 3.63) is 78.4 Å². The number of hydrogen-bond acceptors (Lipinski definition) is 5. The molecule has 4 aromatic rings. The quantitative estimate of drug-likeness (QED) is 0.491. The van der Waals surface area contributed by atoms with E-state index < -0.39 is 6.04 Å². The predicted molar refractivity (Wildman–Crippen MR) is 118 cm³/mol. The summed E-state index contributed by atoms with van der Waals surface area (Å²) in [5.74, 6) is 0.600. The number of nitrogens with one attached hydrogen (secondary N) is 2. The molecule has 0 fully saturated rings. The summed E-state index contributed by atoms with van der Waals surface area (Å²) in [6.07, 6.45) is 0. The van der Waals surface area contributed by atoms with E-state index in [1.165, 1.54) is 0 Å². The van der Waals surface area contributed by atoms with Gasteiger partial charge in [0.25, 0.3) is 5.91 Å². The van der Waals surface area contributed by atoms with Crippen LogP contribution in [0.3, 0.4) is 0 Å². The molecular weight excluding hydrogens is 394 g/mol. The molecule has 0 aliphatic heterocycles. The monoisotopic (exact) mass is 415 g/mol. The fourth-order valence-corrected chi connectivity index (χ4v) is 3.15. The van der Waals surface area contributed by atoms with E-state index in [-0.39, 0.29) is 11.8 Å². The molecule has 4 rings (SSSR count). The molecule has 7 heteroatoms. The van der Waals surface area contributed by atoms with Crippen molar-refractivity contribution < 1.29 is 18.8 Å². The summed E-state index contributed by atoms with van der Waals surface area (Å²) in [4.78, 5) is 25.2. The molecular formula is C24H21N3O4. The molecule has 0 spiro atoms. The van der Waals surface area contributed by atoms with Crippen LogP contribution in [0.25, 0.3) is 22.2 Å². The summed E-state index contributed by atoms with van der Waals surface area (Å²) in [6, 6.07) is 20.9. The van der Waals surface area contributed by atoms with Crippen molar-refractivity contribution >= 4 is 28.4 Å². The van der Waals surface area contributed by atoms with Gasteiger partial charge in [-0.2, -0.15) is 0 Å². The maximum Gasteiger partial charge on any atom is 0.251 e. The van der Waals surface area contributed by atoms with Crippen LogP contribution >= 0.6 is 0 Å². The fraction of sp³-hybridized carbons (Fsp3) is 0.125. The maximum absolute atomic E-state index is 12.8. The minimum atomic E-state index is -0.735. The van der Waals surface area contributed by atoms with Crippen LogP contribution in [0.4, 0.5) is 5.69 Å². The van der Waals surface area contributed by atoms with Crippen LogP contribution in [0.15, 0.2) is 77.3 Å². The van der Waals surface area contributed by atoms with E-state index in [0.29, 0.717) is 28.3 Å². The lowest BCUT2D eigenvalue weighted by atomic mass is 10.1. The van der Waals surface area contributed by atoms with Crippen molar-refractivity contribution in [1.82, 2.24) is 10.5 Å². The van der Waals surface area contributed by atoms with Gasteiger partial charge >= 0.3 is 0 Å². The van der Waals surface area contributed by atoms with Crippen molar-refractivity contribution in [3.8, 4) is 17.1 Å². The van der Waals surface area contributed by atoms with Gasteiger partial charge in [0.15, 0.2) is 5.76 Å². The van der Waals surface area contributed by atoms with Gasteiger partial charge in [-0.15, -0.1) is 0 Å². The number of fused-ring (bicyclic) bond motifs is 1. The van der Waals surface area contributed by atoms with Crippen molar-refractivity contribution in [2.45, 2.75) is 13.0 Å². The van der Waals surface area contributed by atoms with Gasteiger partial charge < -0.3 is 19.9 Å². The van der Waals surface area contributed by atoms with E-state index in [9.17, 15) is 9.59 Å². The molecule has 0 unspecified atom stereocenters. The van der Waals surface area contributed by atoms with Crippen LogP contribution in [0, 0.1) is 0 Å². The zero-order chi connectivity index (χ0) is 21.8. The summed E-state index contributed by atoms with van der Waals surface area (Å²) in [5, 5.41) is 10.3. The minimum absolute atomic E-state index is 0.324. The number of aromatic nitrogens is 1. The zero-order valence-electron chi connectivity index (χ0n) is 17.1. The number of carbonyl (C=O) groups is 2. The molecule has 0 saturated heterocycles. The molecule has 31 heavy (non-hydrogen) atoms. The summed E-state index contributed by atoms with van der Waals surface area (Å²) in [6.45, 7) is 1.63. The molecule has 156 valence electrons. The second-order valence-corrected chi connectivity index (χ2v) is 7.02. The highest BCUT2D eigenvalue weighted by atomic mass is 16.5. The third-order valence-corrected chi connectivity index (χ3v) is 4.87. The van der Waals surface area contributed by atoms with Gasteiger partial charge in [-0.1, -0.05) is 35.5 Å². The molecule has 0 saturated carbocycles. The molecule has 2 N–H and O–H groups in total. The number of methoxy groups -OCH3 is 1. The van der Waals surface area contributed by atoms with E-state index in [1.54, 1.807) is 56.5 Å². The van der Waals surface area contributed by atoms with Gasteiger partial charge in [0.05, 0.1) is 12.5 Å². The van der Waals surface area contributed by atoms with Crippen molar-refractivity contribution in [1.29, 1.82) is 0 Å². The Labute approximate surface area is 179 Å². The lowest BCUT2D eigenvalue weighted by molar-refractivity contribution is -0.117. The van der Waals surface area contributed by atoms with Crippen LogP contribution in [0.1, 0.15) is 17.3 Å². The molecule has 3 aromatic carbocycles. The Morgan fingerprint density at radius 1 is 1.00 bits per heavy atom. The van der Waals surface area contributed by atoms with Gasteiger partial charge in [0, 0.05) is 16.8 Å². The molecule has 0 aliphatic rings. The lowest BCUT2D eigenvalue weighted by Gasteiger charge is -2.14. The third-order valence-electron chi connectivity index (χ3n) is 4.87. The summed E-state index contributed by atoms with van der Waals surface area (Å²) < 4.78 is 10.6. The van der Waals surface area contributed by atoms with E-state index in [2.05, 4.69) is 15.8 Å². The van der Waals surface area contributed by atoms with Crippen LogP contribution in [0.2, 0.25) is 0 Å². The zero-order valence-corrected chi connectivity index (χ0v) is 17.1. The van der Waals surface area contributed by atoms with Crippen molar-refractivity contribution in [2.75, 3.05) is 12.4 Å². The molecule has 1 aromatic heterocycles. The first-order valence-electron chi connectivity index (χ1n) is 9.76. The summed E-state index contributed by atoms with van der Waals surface area (Å²) in [5.41, 5.74) is 2.55. The second kappa shape index (κ2) is 8.71. The Kier molecular flexibility index (Phi) is 5.66. The molecule has 0 bridgehead atoms. The van der Waals surface area contributed by atoms with Crippen LogP contribution in [0.5, 0.6) is 5.75 Å². The average molecular weight is 415 g/mol. The summed E-state index contributed by atoms with van der Waals surface area (Å²) >= 11 is 0. The number of hydrogen-bond donors (Lipinski definition) is 2. The topological polar surface area (TPSA) is 93.5 Å². The standard InChI is InChI=1S/C24H21N3O4/c1-15(23(28)26-18-9-11-19(30-2)12-10-18)25-24(29)17-8-13-21-20(14-17)22(31-27-21)16-6-4-3-5-7-16/h3-15H,1-2H3,(H,25,29)(H,26,28)/t15-/m1/s1. The molecule has 0 aliphatic carbocycles. The van der Waals surface area contributed by atoms with Gasteiger partial charge in [-0.3, -0.25) is 9.59 Å². The Balaban J connectivity index is 1.47. The summed E-state index contributed by atoms with van der Waals surface area (Å²) in [7, 11) is 1.57. The molecule has 7 nitrogen and oxygen atoms in total. The van der Waals surface area contributed by atoms with Crippen LogP contribution in [-0.2, 0) is 4.79 Å². The van der Waals surface area contributed by atoms with Gasteiger partial charge in [-0.25, -0.2) is 0 Å².